The quantitative estimate of drug-likeness (QED) is 0.243. The molecular weight excluding hydrogens is 473 g/mol. The number of carbonyl (C=O) groups excluding carboxylic acids is 2. The zero-order valence-electron chi connectivity index (χ0n) is 16.1. The van der Waals surface area contributed by atoms with Crippen molar-refractivity contribution in [3.05, 3.63) is 71.2 Å². The van der Waals surface area contributed by atoms with Crippen molar-refractivity contribution in [2.45, 2.75) is 13.8 Å². The van der Waals surface area contributed by atoms with Crippen LogP contribution in [0.3, 0.4) is 0 Å². The summed E-state index contributed by atoms with van der Waals surface area (Å²) in [5.41, 5.74) is 2.15. The third-order valence-electron chi connectivity index (χ3n) is 3.67. The van der Waals surface area contributed by atoms with Crippen LogP contribution in [0.5, 0.6) is 0 Å². The second-order valence-electron chi connectivity index (χ2n) is 5.94. The number of benzene rings is 2. The first-order valence-electron chi connectivity index (χ1n) is 8.53. The fraction of sp³-hybridized carbons (Fsp3) is 0.105. The molecule has 2 amide bonds. The van der Waals surface area contributed by atoms with Crippen molar-refractivity contribution >= 4 is 52.5 Å². The molecule has 0 saturated heterocycles. The summed E-state index contributed by atoms with van der Waals surface area (Å²) in [6, 6.07) is 13.0. The number of thiazole rings is 1. The minimum absolute atomic E-state index is 0.00438. The Bertz CT molecular complexity index is 1040. The van der Waals surface area contributed by atoms with Gasteiger partial charge in [0.25, 0.3) is 5.91 Å². The summed E-state index contributed by atoms with van der Waals surface area (Å²) in [6.45, 7) is 3.27. The summed E-state index contributed by atoms with van der Waals surface area (Å²) < 4.78 is 23.8. The Morgan fingerprint density at radius 2 is 1.77 bits per heavy atom. The summed E-state index contributed by atoms with van der Waals surface area (Å²) in [5, 5.41) is 15.9. The van der Waals surface area contributed by atoms with Crippen molar-refractivity contribution in [3.8, 4) is 0 Å². The molecular formula is C19H20AsN3O6S. The maximum absolute atomic E-state index is 11.8. The Hall–Kier alpha value is -2.75. The van der Waals surface area contributed by atoms with Crippen LogP contribution in [0, 0.1) is 6.92 Å². The largest absolute Gasteiger partial charge is 0.298 e. The van der Waals surface area contributed by atoms with Crippen LogP contribution in [-0.2, 0) is 12.4 Å². The van der Waals surface area contributed by atoms with Crippen molar-refractivity contribution in [1.82, 2.24) is 4.98 Å². The summed E-state index contributed by atoms with van der Waals surface area (Å²) >= 11 is -3.35. The summed E-state index contributed by atoms with van der Waals surface area (Å²) in [4.78, 5) is 26.5. The topological polar surface area (TPSA) is 138 Å². The number of aryl methyl sites for hydroxylation is 1. The molecule has 3 rings (SSSR count). The van der Waals surface area contributed by atoms with Gasteiger partial charge in [0, 0.05) is 17.1 Å². The first-order valence-corrected chi connectivity index (χ1v) is 12.7. The van der Waals surface area contributed by atoms with Crippen molar-refractivity contribution in [1.29, 1.82) is 0 Å². The third-order valence-corrected chi connectivity index (χ3v) is 6.81. The van der Waals surface area contributed by atoms with E-state index in [1.807, 2.05) is 30.5 Å². The molecule has 0 spiro atoms. The SMILES string of the molecule is CC(=O)Nc1ccc([As](=O)(O)OO)cc1.Cc1ccccc1C(=O)Nc1nccs1. The molecule has 11 heteroatoms. The van der Waals surface area contributed by atoms with E-state index >= 15 is 0 Å². The smallest absolute Gasteiger partial charge is 0.257 e. The first kappa shape index (κ1) is 23.5. The predicted octanol–water partition coefficient (Wildman–Crippen LogP) is 2.41. The molecule has 30 heavy (non-hydrogen) atoms. The minimum atomic E-state index is -4.76. The average molecular weight is 493 g/mol. The van der Waals surface area contributed by atoms with E-state index < -0.39 is 14.2 Å². The van der Waals surface area contributed by atoms with Crippen LogP contribution in [0.1, 0.15) is 22.8 Å². The Balaban J connectivity index is 0.000000214. The maximum atomic E-state index is 11.8. The molecule has 0 aliphatic carbocycles. The van der Waals surface area contributed by atoms with Gasteiger partial charge in [-0.1, -0.05) is 18.2 Å². The van der Waals surface area contributed by atoms with E-state index in [1.54, 1.807) is 12.3 Å². The van der Waals surface area contributed by atoms with Crippen LogP contribution >= 0.6 is 11.3 Å². The number of amides is 2. The molecule has 0 aliphatic rings. The van der Waals surface area contributed by atoms with Crippen LogP contribution < -0.4 is 15.0 Å². The standard InChI is InChI=1S/C11H10N2OS.C8H10AsNO5/c1-8-4-2-3-5-9(8)10(14)13-11-12-6-7-15-11;1-6(11)10-8-4-2-7(3-5-8)9(12,13)15-14/h2-7H,1H3,(H,12,13,14);2-5,14H,1H3,(H,10,11)(H,12,13). The fourth-order valence-corrected chi connectivity index (χ4v) is 4.09. The van der Waals surface area contributed by atoms with E-state index in [0.29, 0.717) is 16.4 Å². The zero-order chi connectivity index (χ0) is 22.1. The summed E-state index contributed by atoms with van der Waals surface area (Å²) in [6.07, 6.45) is 1.66. The van der Waals surface area contributed by atoms with Gasteiger partial charge in [0.05, 0.1) is 0 Å². The molecule has 0 fully saturated rings. The molecule has 0 saturated carbocycles. The van der Waals surface area contributed by atoms with Crippen LogP contribution in [0.15, 0.2) is 60.1 Å². The third kappa shape index (κ3) is 6.94. The number of nitrogens with one attached hydrogen (secondary N) is 2. The van der Waals surface area contributed by atoms with Crippen molar-refractivity contribution in [2.75, 3.05) is 10.6 Å². The van der Waals surface area contributed by atoms with Crippen LogP contribution in [-0.4, -0.2) is 40.3 Å². The van der Waals surface area contributed by atoms with E-state index in [9.17, 15) is 13.3 Å². The number of rotatable bonds is 5. The molecule has 158 valence electrons. The maximum Gasteiger partial charge on any atom is 0.257 e. The van der Waals surface area contributed by atoms with Gasteiger partial charge in [-0.15, -0.1) is 11.3 Å². The summed E-state index contributed by atoms with van der Waals surface area (Å²) in [5.74, 6) is -0.346. The van der Waals surface area contributed by atoms with E-state index in [1.165, 1.54) is 42.5 Å². The van der Waals surface area contributed by atoms with Crippen molar-refractivity contribution in [3.63, 3.8) is 0 Å². The number of aromatic nitrogens is 1. The van der Waals surface area contributed by atoms with E-state index in [2.05, 4.69) is 19.5 Å². The number of carbonyl (C=O) groups is 2. The van der Waals surface area contributed by atoms with Gasteiger partial charge >= 0.3 is 88.4 Å². The molecule has 1 atom stereocenters. The predicted molar refractivity (Wildman–Crippen MR) is 114 cm³/mol. The fourth-order valence-electron chi connectivity index (χ4n) is 2.26. The molecule has 1 aromatic heterocycles. The molecule has 0 aliphatic heterocycles. The minimum Gasteiger partial charge on any atom is -0.298 e. The van der Waals surface area contributed by atoms with Crippen molar-refractivity contribution in [2.24, 2.45) is 0 Å². The van der Waals surface area contributed by atoms with E-state index in [4.69, 9.17) is 9.35 Å². The second-order valence-corrected chi connectivity index (χ2v) is 10.4. The van der Waals surface area contributed by atoms with E-state index in [0.717, 1.165) is 5.56 Å². The first-order chi connectivity index (χ1) is 14.2. The van der Waals surface area contributed by atoms with Gasteiger partial charge in [0.15, 0.2) is 5.13 Å². The van der Waals surface area contributed by atoms with Crippen LogP contribution in [0.2, 0.25) is 0 Å². The molecule has 0 bridgehead atoms. The molecule has 1 unspecified atom stereocenters. The molecule has 3 aromatic rings. The van der Waals surface area contributed by atoms with Gasteiger partial charge in [0.2, 0.25) is 0 Å². The Kier molecular flexibility index (Phi) is 8.52. The van der Waals surface area contributed by atoms with Gasteiger partial charge in [0.1, 0.15) is 0 Å². The van der Waals surface area contributed by atoms with E-state index in [-0.39, 0.29) is 16.2 Å². The number of nitrogens with zero attached hydrogens (tertiary/aromatic N) is 1. The van der Waals surface area contributed by atoms with Crippen LogP contribution in [0.25, 0.3) is 0 Å². The normalized spacial score (nSPS) is 12.1. The number of anilines is 2. The molecule has 0 radical (unpaired) electrons. The summed E-state index contributed by atoms with van der Waals surface area (Å²) in [7, 11) is 0. The average Bonchev–Trinajstić information content (AvgIpc) is 3.22. The van der Waals surface area contributed by atoms with Crippen LogP contribution in [0.4, 0.5) is 10.8 Å². The Morgan fingerprint density at radius 3 is 2.30 bits per heavy atom. The van der Waals surface area contributed by atoms with Gasteiger partial charge in [-0.2, -0.15) is 0 Å². The van der Waals surface area contributed by atoms with Gasteiger partial charge in [-0.3, -0.25) is 10.1 Å². The van der Waals surface area contributed by atoms with Gasteiger partial charge < -0.3 is 0 Å². The Labute approximate surface area is 179 Å². The van der Waals surface area contributed by atoms with Gasteiger partial charge in [-0.05, 0) is 18.6 Å². The second kappa shape index (κ2) is 10.9. The van der Waals surface area contributed by atoms with Gasteiger partial charge in [-0.25, -0.2) is 4.98 Å². The number of hydrogen-bond acceptors (Lipinski definition) is 7. The molecule has 4 N–H and O–H groups in total. The molecule has 1 heterocycles. The van der Waals surface area contributed by atoms with Crippen molar-refractivity contribution < 1.29 is 26.6 Å². The monoisotopic (exact) mass is 493 g/mol. The molecule has 2 aromatic carbocycles. The molecule has 9 nitrogen and oxygen atoms in total. The zero-order valence-corrected chi connectivity index (χ0v) is 18.8. The Morgan fingerprint density at radius 1 is 1.10 bits per heavy atom. The number of hydrogen-bond donors (Lipinski definition) is 4.